The number of benzene rings is 1. The summed E-state index contributed by atoms with van der Waals surface area (Å²) in [6.07, 6.45) is 4.25. The molecule has 3 heteroatoms. The second-order valence-corrected chi connectivity index (χ2v) is 5.74. The summed E-state index contributed by atoms with van der Waals surface area (Å²) < 4.78 is 0. The van der Waals surface area contributed by atoms with Crippen molar-refractivity contribution in [3.63, 3.8) is 0 Å². The van der Waals surface area contributed by atoms with Gasteiger partial charge in [0.2, 0.25) is 0 Å². The lowest BCUT2D eigenvalue weighted by atomic mass is 10.0. The lowest BCUT2D eigenvalue weighted by Crippen LogP contribution is -2.19. The Bertz CT molecular complexity index is 511. The van der Waals surface area contributed by atoms with Gasteiger partial charge < -0.3 is 5.32 Å². The molecule has 0 atom stereocenters. The van der Waals surface area contributed by atoms with Gasteiger partial charge in [0, 0.05) is 12.1 Å². The highest BCUT2D eigenvalue weighted by molar-refractivity contribution is 5.62. The van der Waals surface area contributed by atoms with Crippen molar-refractivity contribution in [1.82, 2.24) is 15.5 Å². The molecule has 0 aliphatic carbocycles. The number of aromatic nitrogens is 2. The molecule has 0 saturated carbocycles. The fourth-order valence-corrected chi connectivity index (χ4v) is 2.32. The van der Waals surface area contributed by atoms with E-state index in [1.807, 2.05) is 6.20 Å². The minimum absolute atomic E-state index is 0.665. The number of nitrogens with zero attached hydrogens (tertiary/aromatic N) is 1. The van der Waals surface area contributed by atoms with E-state index < -0.39 is 0 Å². The maximum atomic E-state index is 4.19. The predicted molar refractivity (Wildman–Crippen MR) is 84.6 cm³/mol. The Morgan fingerprint density at radius 1 is 1.20 bits per heavy atom. The molecule has 2 aromatic rings. The summed E-state index contributed by atoms with van der Waals surface area (Å²) in [6, 6.07) is 8.80. The van der Waals surface area contributed by atoms with Crippen molar-refractivity contribution in [2.45, 2.75) is 40.2 Å². The summed E-state index contributed by atoms with van der Waals surface area (Å²) in [5.41, 5.74) is 4.97. The number of hydrogen-bond donors (Lipinski definition) is 2. The van der Waals surface area contributed by atoms with Gasteiger partial charge in [-0.05, 0) is 30.0 Å². The summed E-state index contributed by atoms with van der Waals surface area (Å²) in [5, 5.41) is 10.8. The van der Waals surface area contributed by atoms with Crippen LogP contribution in [0, 0.1) is 5.92 Å². The summed E-state index contributed by atoms with van der Waals surface area (Å²) >= 11 is 0. The summed E-state index contributed by atoms with van der Waals surface area (Å²) in [6.45, 7) is 8.54. The van der Waals surface area contributed by atoms with Gasteiger partial charge in [-0.25, -0.2) is 0 Å². The van der Waals surface area contributed by atoms with Crippen molar-refractivity contribution in [3.8, 4) is 11.3 Å². The molecule has 2 N–H and O–H groups in total. The Hall–Kier alpha value is -1.61. The van der Waals surface area contributed by atoms with Crippen molar-refractivity contribution < 1.29 is 0 Å². The Labute approximate surface area is 121 Å². The normalized spacial score (nSPS) is 11.2. The van der Waals surface area contributed by atoms with Crippen LogP contribution in [-0.2, 0) is 13.0 Å². The molecule has 0 amide bonds. The van der Waals surface area contributed by atoms with Crippen molar-refractivity contribution in [1.29, 1.82) is 0 Å². The minimum atomic E-state index is 0.665. The molecule has 0 aliphatic rings. The summed E-state index contributed by atoms with van der Waals surface area (Å²) in [7, 11) is 0. The van der Waals surface area contributed by atoms with Crippen LogP contribution in [0.15, 0.2) is 30.5 Å². The third kappa shape index (κ3) is 3.94. The van der Waals surface area contributed by atoms with Crippen molar-refractivity contribution in [2.24, 2.45) is 5.92 Å². The molecule has 1 aromatic carbocycles. The van der Waals surface area contributed by atoms with Gasteiger partial charge in [0.05, 0.1) is 11.9 Å². The lowest BCUT2D eigenvalue weighted by molar-refractivity contribution is 0.553. The van der Waals surface area contributed by atoms with E-state index in [1.165, 1.54) is 23.1 Å². The van der Waals surface area contributed by atoms with Gasteiger partial charge in [-0.1, -0.05) is 51.5 Å². The van der Waals surface area contributed by atoms with E-state index in [1.54, 1.807) is 0 Å². The Morgan fingerprint density at radius 3 is 2.60 bits per heavy atom. The molecule has 20 heavy (non-hydrogen) atoms. The molecule has 0 radical (unpaired) electrons. The number of aryl methyl sites for hydroxylation is 1. The second-order valence-electron chi connectivity index (χ2n) is 5.74. The Balaban J connectivity index is 2.06. The topological polar surface area (TPSA) is 40.7 Å². The first-order chi connectivity index (χ1) is 9.70. The van der Waals surface area contributed by atoms with Gasteiger partial charge in [-0.3, -0.25) is 5.10 Å². The summed E-state index contributed by atoms with van der Waals surface area (Å²) in [5.74, 6) is 0.665. The van der Waals surface area contributed by atoms with Crippen molar-refractivity contribution in [3.05, 3.63) is 41.6 Å². The SMILES string of the molecule is CCCc1ccc(-c2[nH]ncc2CNCC(C)C)cc1. The number of aromatic amines is 1. The molecule has 0 unspecified atom stereocenters. The minimum Gasteiger partial charge on any atom is -0.312 e. The standard InChI is InChI=1S/C17H25N3/c1-4-5-14-6-8-15(9-7-14)17-16(12-19-20-17)11-18-10-13(2)3/h6-9,12-13,18H,4-5,10-11H2,1-3H3,(H,19,20). The number of nitrogens with one attached hydrogen (secondary N) is 2. The van der Waals surface area contributed by atoms with Crippen molar-refractivity contribution in [2.75, 3.05) is 6.54 Å². The molecule has 0 fully saturated rings. The monoisotopic (exact) mass is 271 g/mol. The summed E-state index contributed by atoms with van der Waals surface area (Å²) in [4.78, 5) is 0. The smallest absolute Gasteiger partial charge is 0.0695 e. The third-order valence-corrected chi connectivity index (χ3v) is 3.37. The maximum Gasteiger partial charge on any atom is 0.0695 e. The van der Waals surface area contributed by atoms with Crippen LogP contribution in [0.2, 0.25) is 0 Å². The van der Waals surface area contributed by atoms with E-state index >= 15 is 0 Å². The first-order valence-corrected chi connectivity index (χ1v) is 7.53. The number of H-pyrrole nitrogens is 1. The van der Waals surface area contributed by atoms with Gasteiger partial charge in [0.25, 0.3) is 0 Å². The highest BCUT2D eigenvalue weighted by Crippen LogP contribution is 2.21. The average Bonchev–Trinajstić information content (AvgIpc) is 2.88. The zero-order valence-corrected chi connectivity index (χ0v) is 12.7. The fraction of sp³-hybridized carbons (Fsp3) is 0.471. The van der Waals surface area contributed by atoms with Crippen LogP contribution >= 0.6 is 0 Å². The molecular weight excluding hydrogens is 246 g/mol. The van der Waals surface area contributed by atoms with Gasteiger partial charge in [0.15, 0.2) is 0 Å². The van der Waals surface area contributed by atoms with Crippen LogP contribution in [0.5, 0.6) is 0 Å². The Kier molecular flexibility index (Phi) is 5.36. The molecule has 0 spiro atoms. The molecular formula is C17H25N3. The maximum absolute atomic E-state index is 4.19. The first-order valence-electron chi connectivity index (χ1n) is 7.53. The molecule has 1 aromatic heterocycles. The van der Waals surface area contributed by atoms with Crippen LogP contribution in [0.25, 0.3) is 11.3 Å². The third-order valence-electron chi connectivity index (χ3n) is 3.37. The molecule has 108 valence electrons. The molecule has 2 rings (SSSR count). The molecule has 3 nitrogen and oxygen atoms in total. The quantitative estimate of drug-likeness (QED) is 0.804. The van der Waals surface area contributed by atoms with E-state index in [0.29, 0.717) is 5.92 Å². The number of rotatable bonds is 7. The second kappa shape index (κ2) is 7.25. The van der Waals surface area contributed by atoms with Crippen LogP contribution in [0.1, 0.15) is 38.3 Å². The van der Waals surface area contributed by atoms with E-state index in [2.05, 4.69) is 60.6 Å². The zero-order chi connectivity index (χ0) is 14.4. The molecule has 0 aliphatic heterocycles. The van der Waals surface area contributed by atoms with E-state index in [9.17, 15) is 0 Å². The fourth-order valence-electron chi connectivity index (χ4n) is 2.32. The Morgan fingerprint density at radius 2 is 1.95 bits per heavy atom. The van der Waals surface area contributed by atoms with Crippen LogP contribution in [0.4, 0.5) is 0 Å². The van der Waals surface area contributed by atoms with Gasteiger partial charge in [0.1, 0.15) is 0 Å². The van der Waals surface area contributed by atoms with Crippen LogP contribution in [0.3, 0.4) is 0 Å². The van der Waals surface area contributed by atoms with Gasteiger partial charge in [-0.2, -0.15) is 5.10 Å². The van der Waals surface area contributed by atoms with Gasteiger partial charge >= 0.3 is 0 Å². The van der Waals surface area contributed by atoms with E-state index in [0.717, 1.165) is 25.2 Å². The molecule has 1 heterocycles. The molecule has 0 bridgehead atoms. The highest BCUT2D eigenvalue weighted by atomic mass is 15.1. The average molecular weight is 271 g/mol. The van der Waals surface area contributed by atoms with Crippen LogP contribution < -0.4 is 5.32 Å². The van der Waals surface area contributed by atoms with E-state index in [4.69, 9.17) is 0 Å². The van der Waals surface area contributed by atoms with Crippen LogP contribution in [-0.4, -0.2) is 16.7 Å². The van der Waals surface area contributed by atoms with E-state index in [-0.39, 0.29) is 0 Å². The van der Waals surface area contributed by atoms with Crippen molar-refractivity contribution >= 4 is 0 Å². The largest absolute Gasteiger partial charge is 0.312 e. The molecule has 0 saturated heterocycles. The number of hydrogen-bond acceptors (Lipinski definition) is 2. The zero-order valence-electron chi connectivity index (χ0n) is 12.7. The highest BCUT2D eigenvalue weighted by Gasteiger charge is 2.07. The lowest BCUT2D eigenvalue weighted by Gasteiger charge is -2.08. The van der Waals surface area contributed by atoms with Gasteiger partial charge in [-0.15, -0.1) is 0 Å². The first kappa shape index (κ1) is 14.8. The predicted octanol–water partition coefficient (Wildman–Crippen LogP) is 3.77.